The summed E-state index contributed by atoms with van der Waals surface area (Å²) in [6.45, 7) is 5.43. The van der Waals surface area contributed by atoms with E-state index in [-0.39, 0.29) is 21.1 Å². The molecule has 0 aromatic carbocycles. The van der Waals surface area contributed by atoms with E-state index in [0.717, 1.165) is 16.6 Å². The first-order valence-electron chi connectivity index (χ1n) is 4.71. The van der Waals surface area contributed by atoms with Crippen LogP contribution in [-0.4, -0.2) is 16.6 Å². The van der Waals surface area contributed by atoms with Crippen LogP contribution in [-0.2, 0) is 21.1 Å². The first-order chi connectivity index (χ1) is 5.81. The Morgan fingerprint density at radius 3 is 2.38 bits per heavy atom. The van der Waals surface area contributed by atoms with Crippen LogP contribution >= 0.6 is 24.0 Å². The van der Waals surface area contributed by atoms with Gasteiger partial charge in [0.25, 0.3) is 0 Å². The molecule has 0 unspecified atom stereocenters. The van der Waals surface area contributed by atoms with Gasteiger partial charge in [0.2, 0.25) is 0 Å². The average Bonchev–Trinajstić information content (AvgIpc) is 2.06. The SMILES string of the molecule is CCCCNC(=S)SCCCC.[Mo]. The molecule has 1 nitrogen and oxygen atoms in total. The van der Waals surface area contributed by atoms with E-state index in [9.17, 15) is 0 Å². The second-order valence-corrected chi connectivity index (χ2v) is 4.54. The average molecular weight is 301 g/mol. The van der Waals surface area contributed by atoms with Gasteiger partial charge in [0.05, 0.1) is 0 Å². The molecule has 13 heavy (non-hydrogen) atoms. The number of thioether (sulfide) groups is 1. The summed E-state index contributed by atoms with van der Waals surface area (Å²) in [5.41, 5.74) is 0. The van der Waals surface area contributed by atoms with E-state index < -0.39 is 0 Å². The van der Waals surface area contributed by atoms with Gasteiger partial charge in [-0.05, 0) is 12.8 Å². The Hall–Kier alpha value is 0.928. The van der Waals surface area contributed by atoms with Crippen molar-refractivity contribution in [1.29, 1.82) is 0 Å². The minimum Gasteiger partial charge on any atom is -0.371 e. The van der Waals surface area contributed by atoms with Crippen LogP contribution in [0.4, 0.5) is 0 Å². The molecule has 0 bridgehead atoms. The van der Waals surface area contributed by atoms with Gasteiger partial charge in [-0.2, -0.15) is 0 Å². The third-order valence-corrected chi connectivity index (χ3v) is 2.93. The van der Waals surface area contributed by atoms with Gasteiger partial charge in [-0.1, -0.05) is 50.7 Å². The van der Waals surface area contributed by atoms with Crippen molar-refractivity contribution in [1.82, 2.24) is 5.32 Å². The molecule has 0 atom stereocenters. The summed E-state index contributed by atoms with van der Waals surface area (Å²) >= 11 is 6.90. The van der Waals surface area contributed by atoms with Crippen molar-refractivity contribution in [3.05, 3.63) is 0 Å². The van der Waals surface area contributed by atoms with Crippen molar-refractivity contribution in [2.75, 3.05) is 12.3 Å². The minimum atomic E-state index is 0. The quantitative estimate of drug-likeness (QED) is 0.460. The standard InChI is InChI=1S/C9H19NS2.Mo/c1-3-5-7-10-9(11)12-8-6-4-2;/h3-8H2,1-2H3,(H,10,11);. The molecule has 0 radical (unpaired) electrons. The summed E-state index contributed by atoms with van der Waals surface area (Å²) in [6.07, 6.45) is 4.97. The Morgan fingerprint density at radius 1 is 1.23 bits per heavy atom. The molecule has 1 N–H and O–H groups in total. The van der Waals surface area contributed by atoms with Crippen LogP contribution in [0.25, 0.3) is 0 Å². The van der Waals surface area contributed by atoms with Gasteiger partial charge in [-0.25, -0.2) is 0 Å². The molecule has 78 valence electrons. The molecule has 0 spiro atoms. The Kier molecular flexibility index (Phi) is 16.3. The zero-order chi connectivity index (χ0) is 9.23. The Labute approximate surface area is 106 Å². The molecular weight excluding hydrogens is 282 g/mol. The van der Waals surface area contributed by atoms with Crippen molar-refractivity contribution >= 4 is 28.3 Å². The maximum Gasteiger partial charge on any atom is 0.133 e. The van der Waals surface area contributed by atoms with Crippen LogP contribution in [0.15, 0.2) is 0 Å². The van der Waals surface area contributed by atoms with Gasteiger partial charge in [0, 0.05) is 33.4 Å². The summed E-state index contributed by atoms with van der Waals surface area (Å²) in [6, 6.07) is 0. The second kappa shape index (κ2) is 12.9. The zero-order valence-corrected chi connectivity index (χ0v) is 12.1. The number of rotatable bonds is 6. The van der Waals surface area contributed by atoms with E-state index in [4.69, 9.17) is 12.2 Å². The smallest absolute Gasteiger partial charge is 0.133 e. The summed E-state index contributed by atoms with van der Waals surface area (Å²) in [7, 11) is 0. The molecule has 0 aliphatic heterocycles. The number of unbranched alkanes of at least 4 members (excludes halogenated alkanes) is 2. The summed E-state index contributed by atoms with van der Waals surface area (Å²) in [5.74, 6) is 1.16. The van der Waals surface area contributed by atoms with E-state index in [1.807, 2.05) is 0 Å². The number of hydrogen-bond acceptors (Lipinski definition) is 2. The molecule has 0 fully saturated rings. The van der Waals surface area contributed by atoms with Crippen LogP contribution in [0.1, 0.15) is 39.5 Å². The Bertz CT molecular complexity index is 108. The van der Waals surface area contributed by atoms with E-state index in [1.54, 1.807) is 11.8 Å². The molecular formula is C9H19MoNS2. The van der Waals surface area contributed by atoms with Crippen molar-refractivity contribution < 1.29 is 21.1 Å². The Balaban J connectivity index is 0. The normalized spacial score (nSPS) is 9.08. The fourth-order valence-corrected chi connectivity index (χ4v) is 1.90. The maximum absolute atomic E-state index is 5.13. The predicted octanol–water partition coefficient (Wildman–Crippen LogP) is 3.19. The summed E-state index contributed by atoms with van der Waals surface area (Å²) in [5, 5.41) is 3.24. The van der Waals surface area contributed by atoms with Crippen molar-refractivity contribution in [2.24, 2.45) is 0 Å². The van der Waals surface area contributed by atoms with Crippen LogP contribution in [0.5, 0.6) is 0 Å². The first kappa shape index (κ1) is 16.4. The molecule has 0 aliphatic carbocycles. The molecule has 0 saturated carbocycles. The first-order valence-corrected chi connectivity index (χ1v) is 6.11. The molecule has 4 heteroatoms. The molecule has 0 amide bonds. The minimum absolute atomic E-state index is 0. The predicted molar refractivity (Wildman–Crippen MR) is 62.9 cm³/mol. The number of nitrogens with one attached hydrogen (secondary N) is 1. The van der Waals surface area contributed by atoms with Crippen molar-refractivity contribution in [2.45, 2.75) is 39.5 Å². The third kappa shape index (κ3) is 12.9. The van der Waals surface area contributed by atoms with Crippen LogP contribution < -0.4 is 5.32 Å². The number of thiocarbonyl (C=S) groups is 1. The van der Waals surface area contributed by atoms with E-state index >= 15 is 0 Å². The van der Waals surface area contributed by atoms with Crippen LogP contribution in [0.2, 0.25) is 0 Å². The largest absolute Gasteiger partial charge is 0.371 e. The molecule has 0 rings (SSSR count). The van der Waals surface area contributed by atoms with E-state index in [0.29, 0.717) is 0 Å². The second-order valence-electron chi connectivity index (χ2n) is 2.77. The van der Waals surface area contributed by atoms with Gasteiger partial charge in [0.15, 0.2) is 0 Å². The third-order valence-electron chi connectivity index (χ3n) is 1.53. The Morgan fingerprint density at radius 2 is 1.85 bits per heavy atom. The van der Waals surface area contributed by atoms with Gasteiger partial charge in [0.1, 0.15) is 4.32 Å². The zero-order valence-electron chi connectivity index (χ0n) is 8.47. The van der Waals surface area contributed by atoms with Crippen LogP contribution in [0, 0.1) is 0 Å². The van der Waals surface area contributed by atoms with Gasteiger partial charge >= 0.3 is 0 Å². The topological polar surface area (TPSA) is 12.0 Å². The monoisotopic (exact) mass is 303 g/mol. The van der Waals surface area contributed by atoms with Gasteiger partial charge in [-0.3, -0.25) is 0 Å². The van der Waals surface area contributed by atoms with Gasteiger partial charge < -0.3 is 5.32 Å². The fraction of sp³-hybridized carbons (Fsp3) is 0.889. The molecule has 0 saturated heterocycles. The van der Waals surface area contributed by atoms with Crippen molar-refractivity contribution in [3.63, 3.8) is 0 Å². The molecule has 0 aromatic rings. The maximum atomic E-state index is 5.13. The van der Waals surface area contributed by atoms with E-state index in [1.165, 1.54) is 25.7 Å². The summed E-state index contributed by atoms with van der Waals surface area (Å²) in [4.78, 5) is 0. The molecule has 0 aromatic heterocycles. The molecule has 0 aliphatic rings. The fourth-order valence-electron chi connectivity index (χ4n) is 0.727. The van der Waals surface area contributed by atoms with Crippen LogP contribution in [0.3, 0.4) is 0 Å². The van der Waals surface area contributed by atoms with E-state index in [2.05, 4.69) is 19.2 Å². The van der Waals surface area contributed by atoms with Crippen molar-refractivity contribution in [3.8, 4) is 0 Å². The van der Waals surface area contributed by atoms with Gasteiger partial charge in [-0.15, -0.1) is 0 Å². The molecule has 0 heterocycles. The summed E-state index contributed by atoms with van der Waals surface area (Å²) < 4.78 is 0.969. The number of hydrogen-bond donors (Lipinski definition) is 1.